The van der Waals surface area contributed by atoms with Crippen molar-refractivity contribution in [1.29, 1.82) is 0 Å². The van der Waals surface area contributed by atoms with Crippen LogP contribution in [0.2, 0.25) is 0 Å². The molecule has 0 spiro atoms. The molecule has 1 aromatic heterocycles. The van der Waals surface area contributed by atoms with Gasteiger partial charge in [-0.05, 0) is 76.4 Å². The first kappa shape index (κ1) is 26.6. The number of carbonyl (C=O) groups is 1. The number of nitrogens with one attached hydrogen (secondary N) is 1. The molecule has 2 aliphatic heterocycles. The van der Waals surface area contributed by atoms with Gasteiger partial charge in [0.15, 0.2) is 17.4 Å². The second-order valence-electron chi connectivity index (χ2n) is 11.1. The normalized spacial score (nSPS) is 15.0. The minimum absolute atomic E-state index is 0.00515. The minimum atomic E-state index is -0.652. The summed E-state index contributed by atoms with van der Waals surface area (Å²) in [5.74, 6) is -0.852. The number of carbonyl (C=O) groups excluding carboxylic acids is 1. The van der Waals surface area contributed by atoms with Crippen molar-refractivity contribution < 1.29 is 23.0 Å². The van der Waals surface area contributed by atoms with Crippen molar-refractivity contribution in [2.75, 3.05) is 29.9 Å². The number of anilines is 3. The molecule has 0 saturated heterocycles. The number of rotatable bonds is 4. The Morgan fingerprint density at radius 2 is 1.90 bits per heavy atom. The first-order valence-electron chi connectivity index (χ1n) is 13.1. The van der Waals surface area contributed by atoms with E-state index in [1.54, 1.807) is 11.0 Å². The molecule has 0 bridgehead atoms. The van der Waals surface area contributed by atoms with E-state index in [1.807, 2.05) is 57.7 Å². The van der Waals surface area contributed by atoms with Crippen LogP contribution in [-0.2, 0) is 17.7 Å². The summed E-state index contributed by atoms with van der Waals surface area (Å²) in [7, 11) is 0. The van der Waals surface area contributed by atoms with E-state index in [4.69, 9.17) is 9.47 Å². The van der Waals surface area contributed by atoms with Crippen LogP contribution in [0.15, 0.2) is 36.5 Å². The van der Waals surface area contributed by atoms with Crippen LogP contribution in [0.1, 0.15) is 45.7 Å². The molecule has 206 valence electrons. The first-order chi connectivity index (χ1) is 18.5. The van der Waals surface area contributed by atoms with E-state index >= 15 is 0 Å². The Balaban J connectivity index is 1.37. The summed E-state index contributed by atoms with van der Waals surface area (Å²) in [6.07, 6.45) is 1.42. The number of fused-ring (bicyclic) bond motifs is 2. The number of nitrogens with zero attached hydrogens (tertiary/aromatic N) is 4. The number of amides is 1. The third kappa shape index (κ3) is 5.74. The largest absolute Gasteiger partial charge is 0.486 e. The molecule has 0 atom stereocenters. The highest BCUT2D eigenvalue weighted by Crippen LogP contribution is 2.39. The van der Waals surface area contributed by atoms with Crippen molar-refractivity contribution >= 4 is 23.4 Å². The smallest absolute Gasteiger partial charge is 0.410 e. The van der Waals surface area contributed by atoms with Crippen LogP contribution in [0, 0.1) is 11.6 Å². The average Bonchev–Trinajstić information content (AvgIpc) is 2.88. The van der Waals surface area contributed by atoms with Crippen molar-refractivity contribution in [2.24, 2.45) is 0 Å². The zero-order chi connectivity index (χ0) is 27.9. The molecule has 10 heteroatoms. The second kappa shape index (κ2) is 10.3. The molecule has 1 amide bonds. The third-order valence-corrected chi connectivity index (χ3v) is 6.68. The van der Waals surface area contributed by atoms with Crippen molar-refractivity contribution in [3.8, 4) is 17.0 Å². The van der Waals surface area contributed by atoms with Gasteiger partial charge in [0.2, 0.25) is 5.95 Å². The summed E-state index contributed by atoms with van der Waals surface area (Å²) in [6.45, 7) is 11.6. The number of ether oxygens (including phenoxy) is 2. The molecule has 1 N–H and O–H groups in total. The molecule has 0 unspecified atom stereocenters. The highest BCUT2D eigenvalue weighted by Gasteiger charge is 2.27. The number of benzene rings is 2. The lowest BCUT2D eigenvalue weighted by Crippen LogP contribution is -2.39. The van der Waals surface area contributed by atoms with Gasteiger partial charge in [0, 0.05) is 30.4 Å². The van der Waals surface area contributed by atoms with Crippen molar-refractivity contribution in [1.82, 2.24) is 14.9 Å². The van der Waals surface area contributed by atoms with Gasteiger partial charge in [0.05, 0.1) is 18.4 Å². The Labute approximate surface area is 227 Å². The minimum Gasteiger partial charge on any atom is -0.486 e. The fourth-order valence-electron chi connectivity index (χ4n) is 4.85. The van der Waals surface area contributed by atoms with Crippen LogP contribution in [0.25, 0.3) is 11.3 Å². The van der Waals surface area contributed by atoms with E-state index in [9.17, 15) is 13.6 Å². The van der Waals surface area contributed by atoms with E-state index in [1.165, 1.54) is 6.07 Å². The molecule has 3 heterocycles. The van der Waals surface area contributed by atoms with Crippen LogP contribution in [-0.4, -0.2) is 52.3 Å². The molecule has 2 aliphatic rings. The molecule has 5 rings (SSSR count). The van der Waals surface area contributed by atoms with Gasteiger partial charge in [-0.1, -0.05) is 6.07 Å². The van der Waals surface area contributed by atoms with Gasteiger partial charge in [-0.2, -0.15) is 0 Å². The summed E-state index contributed by atoms with van der Waals surface area (Å²) >= 11 is 0. The van der Waals surface area contributed by atoms with Gasteiger partial charge < -0.3 is 24.6 Å². The SMILES string of the molecule is CC(C)N1CCOc2c(F)cc(-c3nc(Nc4ccc5c(c4)CCN(C(=O)OC(C)(C)C)C5)ncc3F)cc21. The average molecular weight is 538 g/mol. The van der Waals surface area contributed by atoms with E-state index < -0.39 is 17.2 Å². The highest BCUT2D eigenvalue weighted by molar-refractivity contribution is 5.73. The maximum Gasteiger partial charge on any atom is 0.410 e. The molecule has 0 radical (unpaired) electrons. The van der Waals surface area contributed by atoms with Gasteiger partial charge in [0.25, 0.3) is 0 Å². The molecule has 39 heavy (non-hydrogen) atoms. The lowest BCUT2D eigenvalue weighted by atomic mass is 9.99. The van der Waals surface area contributed by atoms with Crippen molar-refractivity contribution in [2.45, 2.75) is 59.2 Å². The Bertz CT molecular complexity index is 1410. The quantitative estimate of drug-likeness (QED) is 0.433. The third-order valence-electron chi connectivity index (χ3n) is 6.68. The Morgan fingerprint density at radius 1 is 1.10 bits per heavy atom. The van der Waals surface area contributed by atoms with Gasteiger partial charge in [-0.25, -0.2) is 23.5 Å². The number of hydrogen-bond acceptors (Lipinski definition) is 7. The summed E-state index contributed by atoms with van der Waals surface area (Å²) in [5.41, 5.74) is 3.17. The molecular weight excluding hydrogens is 504 g/mol. The van der Waals surface area contributed by atoms with Crippen molar-refractivity contribution in [3.05, 3.63) is 59.3 Å². The van der Waals surface area contributed by atoms with E-state index in [-0.39, 0.29) is 29.5 Å². The topological polar surface area (TPSA) is 79.8 Å². The molecule has 0 fully saturated rings. The number of hydrogen-bond donors (Lipinski definition) is 1. The van der Waals surface area contributed by atoms with Gasteiger partial charge in [-0.3, -0.25) is 0 Å². The van der Waals surface area contributed by atoms with Crippen LogP contribution in [0.3, 0.4) is 0 Å². The number of aromatic nitrogens is 2. The predicted molar refractivity (Wildman–Crippen MR) is 145 cm³/mol. The lowest BCUT2D eigenvalue weighted by molar-refractivity contribution is 0.0224. The molecule has 0 aliphatic carbocycles. The lowest BCUT2D eigenvalue weighted by Gasteiger charge is -2.34. The Morgan fingerprint density at radius 3 is 2.64 bits per heavy atom. The van der Waals surface area contributed by atoms with Gasteiger partial charge >= 0.3 is 6.09 Å². The van der Waals surface area contributed by atoms with Crippen LogP contribution < -0.4 is 15.0 Å². The fourth-order valence-corrected chi connectivity index (χ4v) is 4.85. The molecule has 3 aromatic rings. The Hall–Kier alpha value is -3.95. The van der Waals surface area contributed by atoms with Gasteiger partial charge in [-0.15, -0.1) is 0 Å². The summed E-state index contributed by atoms with van der Waals surface area (Å²) in [4.78, 5) is 24.7. The maximum atomic E-state index is 15.0. The molecule has 8 nitrogen and oxygen atoms in total. The zero-order valence-corrected chi connectivity index (χ0v) is 22.8. The standard InChI is InChI=1S/C29H33F2N5O3/c1-17(2)36-10-11-38-26-22(30)13-20(14-24(26)36)25-23(31)15-32-27(34-25)33-21-7-6-19-16-35(9-8-18(19)12-21)28(37)39-29(3,4)5/h6-7,12-15,17H,8-11,16H2,1-5H3,(H,32,33,34). The molecule has 2 aromatic carbocycles. The van der Waals surface area contributed by atoms with Crippen LogP contribution in [0.5, 0.6) is 5.75 Å². The highest BCUT2D eigenvalue weighted by atomic mass is 19.1. The summed E-state index contributed by atoms with van der Waals surface area (Å²) < 4.78 is 40.9. The van der Waals surface area contributed by atoms with Crippen LogP contribution >= 0.6 is 0 Å². The van der Waals surface area contributed by atoms with Gasteiger partial charge in [0.1, 0.15) is 17.9 Å². The first-order valence-corrected chi connectivity index (χ1v) is 13.1. The maximum absolute atomic E-state index is 15.0. The molecular formula is C29H33F2N5O3. The Kier molecular flexibility index (Phi) is 7.05. The monoisotopic (exact) mass is 537 g/mol. The van der Waals surface area contributed by atoms with E-state index in [0.717, 1.165) is 23.0 Å². The number of halogens is 2. The van der Waals surface area contributed by atoms with E-state index in [0.29, 0.717) is 43.9 Å². The second-order valence-corrected chi connectivity index (χ2v) is 11.1. The molecule has 0 saturated carbocycles. The summed E-state index contributed by atoms with van der Waals surface area (Å²) in [5, 5.41) is 3.14. The fraction of sp³-hybridized carbons (Fsp3) is 0.414. The zero-order valence-electron chi connectivity index (χ0n) is 22.8. The predicted octanol–water partition coefficient (Wildman–Crippen LogP) is 6.07. The summed E-state index contributed by atoms with van der Waals surface area (Å²) in [6, 6.07) is 8.85. The van der Waals surface area contributed by atoms with Crippen LogP contribution in [0.4, 0.5) is 30.9 Å². The van der Waals surface area contributed by atoms with Crippen molar-refractivity contribution in [3.63, 3.8) is 0 Å². The van der Waals surface area contributed by atoms with E-state index in [2.05, 4.69) is 15.3 Å².